The van der Waals surface area contributed by atoms with Crippen LogP contribution >= 0.6 is 11.3 Å². The van der Waals surface area contributed by atoms with Crippen LogP contribution in [0.4, 0.5) is 5.13 Å². The minimum Gasteiger partial charge on any atom is -0.494 e. The number of rotatable bonds is 13. The van der Waals surface area contributed by atoms with E-state index in [1.54, 1.807) is 17.0 Å². The third-order valence-electron chi connectivity index (χ3n) is 7.39. The first kappa shape index (κ1) is 31.1. The molecule has 4 aromatic rings. The summed E-state index contributed by atoms with van der Waals surface area (Å²) in [6, 6.07) is 21.5. The van der Waals surface area contributed by atoms with E-state index in [0.717, 1.165) is 60.8 Å². The van der Waals surface area contributed by atoms with Crippen LogP contribution in [0, 0.1) is 0 Å². The van der Waals surface area contributed by atoms with Gasteiger partial charge in [-0.25, -0.2) is 13.4 Å². The van der Waals surface area contributed by atoms with Crippen molar-refractivity contribution in [2.24, 2.45) is 0 Å². The Labute approximate surface area is 257 Å². The average molecular weight is 623 g/mol. The van der Waals surface area contributed by atoms with E-state index in [1.165, 1.54) is 27.8 Å². The zero-order chi connectivity index (χ0) is 30.2. The molecule has 0 bridgehead atoms. The minimum atomic E-state index is -3.75. The lowest BCUT2D eigenvalue weighted by Gasteiger charge is -2.27. The van der Waals surface area contributed by atoms with Crippen molar-refractivity contribution in [3.8, 4) is 5.75 Å². The van der Waals surface area contributed by atoms with E-state index in [4.69, 9.17) is 14.5 Å². The number of amides is 1. The molecule has 1 saturated heterocycles. The molecule has 0 atom stereocenters. The van der Waals surface area contributed by atoms with E-state index in [9.17, 15) is 13.2 Å². The Bertz CT molecular complexity index is 1600. The number of carbonyl (C=O) groups is 1. The number of hydrogen-bond acceptors (Lipinski definition) is 8. The van der Waals surface area contributed by atoms with Gasteiger partial charge >= 0.3 is 0 Å². The third kappa shape index (κ3) is 7.60. The zero-order valence-corrected chi connectivity index (χ0v) is 26.3. The number of sulfonamides is 1. The summed E-state index contributed by atoms with van der Waals surface area (Å²) in [6.07, 6.45) is 0.767. The monoisotopic (exact) mass is 622 g/mol. The fourth-order valence-corrected chi connectivity index (χ4v) is 7.51. The van der Waals surface area contributed by atoms with E-state index in [1.807, 2.05) is 62.4 Å². The highest BCUT2D eigenvalue weighted by Crippen LogP contribution is 2.32. The van der Waals surface area contributed by atoms with Crippen molar-refractivity contribution in [3.05, 3.63) is 83.9 Å². The first-order valence-electron chi connectivity index (χ1n) is 14.7. The van der Waals surface area contributed by atoms with Gasteiger partial charge in [0.05, 0.1) is 34.9 Å². The van der Waals surface area contributed by atoms with E-state index in [0.29, 0.717) is 30.4 Å². The molecule has 1 aliphatic rings. The largest absolute Gasteiger partial charge is 0.494 e. The molecule has 43 heavy (non-hydrogen) atoms. The topological polar surface area (TPSA) is 92.3 Å². The second kappa shape index (κ2) is 14.4. The molecule has 0 saturated carbocycles. The summed E-state index contributed by atoms with van der Waals surface area (Å²) >= 11 is 1.45. The predicted molar refractivity (Wildman–Crippen MR) is 170 cm³/mol. The summed E-state index contributed by atoms with van der Waals surface area (Å²) < 4.78 is 40.4. The standard InChI is InChI=1S/C32H38N4O5S2/c1-3-35(24-25-9-6-5-7-10-25)43(38,39)28-14-11-26(12-15-28)31(37)36(18-8-17-34-19-21-40-22-20-34)32-33-29-16-13-27(41-4-2)23-30(29)42-32/h5-7,9-16,23H,3-4,8,17-22,24H2,1-2H3. The normalized spacial score (nSPS) is 14.3. The van der Waals surface area contributed by atoms with E-state index in [2.05, 4.69) is 4.90 Å². The molecule has 3 aromatic carbocycles. The number of hydrogen-bond donors (Lipinski definition) is 0. The molecule has 11 heteroatoms. The van der Waals surface area contributed by atoms with Crippen molar-refractivity contribution < 1.29 is 22.7 Å². The smallest absolute Gasteiger partial charge is 0.260 e. The Morgan fingerprint density at radius 3 is 2.47 bits per heavy atom. The fraction of sp³-hybridized carbons (Fsp3) is 0.375. The molecular formula is C32H38N4O5S2. The van der Waals surface area contributed by atoms with Crippen molar-refractivity contribution >= 4 is 42.6 Å². The van der Waals surface area contributed by atoms with Gasteiger partial charge in [-0.2, -0.15) is 4.31 Å². The summed E-state index contributed by atoms with van der Waals surface area (Å²) in [5, 5.41) is 0.604. The Morgan fingerprint density at radius 2 is 1.77 bits per heavy atom. The number of aromatic nitrogens is 1. The van der Waals surface area contributed by atoms with Crippen molar-refractivity contribution in [2.45, 2.75) is 31.7 Å². The van der Waals surface area contributed by atoms with Crippen LogP contribution in [0.5, 0.6) is 5.75 Å². The van der Waals surface area contributed by atoms with Crippen molar-refractivity contribution in [2.75, 3.05) is 57.4 Å². The average Bonchev–Trinajstić information content (AvgIpc) is 3.46. The number of anilines is 1. The SMILES string of the molecule is CCOc1ccc2nc(N(CCCN3CCOCC3)C(=O)c3ccc(S(=O)(=O)N(CC)Cc4ccccc4)cc3)sc2c1. The first-order valence-corrected chi connectivity index (χ1v) is 16.9. The number of thiazole rings is 1. The highest BCUT2D eigenvalue weighted by molar-refractivity contribution is 7.89. The van der Waals surface area contributed by atoms with E-state index in [-0.39, 0.29) is 17.3 Å². The van der Waals surface area contributed by atoms with E-state index >= 15 is 0 Å². The van der Waals surface area contributed by atoms with Gasteiger partial charge in [-0.05, 0) is 61.4 Å². The van der Waals surface area contributed by atoms with Crippen molar-refractivity contribution in [1.82, 2.24) is 14.2 Å². The van der Waals surface area contributed by atoms with Gasteiger partial charge in [0, 0.05) is 44.8 Å². The van der Waals surface area contributed by atoms with Crippen LogP contribution in [-0.2, 0) is 21.3 Å². The van der Waals surface area contributed by atoms with Crippen LogP contribution in [0.25, 0.3) is 10.2 Å². The van der Waals surface area contributed by atoms with Gasteiger partial charge in [-0.3, -0.25) is 14.6 Å². The maximum Gasteiger partial charge on any atom is 0.260 e. The number of carbonyl (C=O) groups excluding carboxylic acids is 1. The highest BCUT2D eigenvalue weighted by Gasteiger charge is 2.26. The van der Waals surface area contributed by atoms with Gasteiger partial charge in [0.25, 0.3) is 5.91 Å². The highest BCUT2D eigenvalue weighted by atomic mass is 32.2. The van der Waals surface area contributed by atoms with Gasteiger partial charge in [0.15, 0.2) is 5.13 Å². The molecule has 1 fully saturated rings. The fourth-order valence-electron chi connectivity index (χ4n) is 5.05. The molecule has 1 aliphatic heterocycles. The molecule has 228 valence electrons. The quantitative estimate of drug-likeness (QED) is 0.201. The molecule has 0 N–H and O–H groups in total. The molecule has 0 aliphatic carbocycles. The van der Waals surface area contributed by atoms with Crippen LogP contribution in [-0.4, -0.2) is 81.1 Å². The van der Waals surface area contributed by atoms with Gasteiger partial charge in [-0.15, -0.1) is 0 Å². The summed E-state index contributed by atoms with van der Waals surface area (Å²) in [5.74, 6) is 0.548. The van der Waals surface area contributed by atoms with Gasteiger partial charge < -0.3 is 9.47 Å². The lowest BCUT2D eigenvalue weighted by Crippen LogP contribution is -2.39. The van der Waals surface area contributed by atoms with Crippen LogP contribution < -0.4 is 9.64 Å². The summed E-state index contributed by atoms with van der Waals surface area (Å²) in [7, 11) is -3.75. The summed E-state index contributed by atoms with van der Waals surface area (Å²) in [5.41, 5.74) is 2.12. The predicted octanol–water partition coefficient (Wildman–Crippen LogP) is 5.27. The molecule has 2 heterocycles. The van der Waals surface area contributed by atoms with Gasteiger partial charge in [0.1, 0.15) is 5.75 Å². The van der Waals surface area contributed by atoms with Crippen LogP contribution in [0.3, 0.4) is 0 Å². The molecule has 9 nitrogen and oxygen atoms in total. The molecule has 1 amide bonds. The van der Waals surface area contributed by atoms with E-state index < -0.39 is 10.0 Å². The van der Waals surface area contributed by atoms with Crippen LogP contribution in [0.1, 0.15) is 36.2 Å². The molecule has 0 radical (unpaired) electrons. The van der Waals surface area contributed by atoms with Crippen molar-refractivity contribution in [1.29, 1.82) is 0 Å². The molecule has 0 spiro atoms. The number of nitrogens with zero attached hydrogens (tertiary/aromatic N) is 4. The van der Waals surface area contributed by atoms with Crippen LogP contribution in [0.15, 0.2) is 77.7 Å². The lowest BCUT2D eigenvalue weighted by molar-refractivity contribution is 0.0376. The maximum atomic E-state index is 13.9. The summed E-state index contributed by atoms with van der Waals surface area (Å²) in [6.45, 7) is 9.47. The Kier molecular flexibility index (Phi) is 10.4. The maximum absolute atomic E-state index is 13.9. The molecular weight excluding hydrogens is 585 g/mol. The molecule has 0 unspecified atom stereocenters. The van der Waals surface area contributed by atoms with Gasteiger partial charge in [-0.1, -0.05) is 48.6 Å². The van der Waals surface area contributed by atoms with Crippen LogP contribution in [0.2, 0.25) is 0 Å². The lowest BCUT2D eigenvalue weighted by atomic mass is 10.2. The third-order valence-corrected chi connectivity index (χ3v) is 10.4. The molecule has 1 aromatic heterocycles. The number of morpholine rings is 1. The second-order valence-electron chi connectivity index (χ2n) is 10.3. The Balaban J connectivity index is 1.37. The second-order valence-corrected chi connectivity index (χ2v) is 13.2. The first-order chi connectivity index (χ1) is 20.9. The minimum absolute atomic E-state index is 0.157. The summed E-state index contributed by atoms with van der Waals surface area (Å²) in [4.78, 5) is 22.9. The molecule has 5 rings (SSSR count). The Morgan fingerprint density at radius 1 is 1.02 bits per heavy atom. The van der Waals surface area contributed by atoms with Gasteiger partial charge in [0.2, 0.25) is 10.0 Å². The number of benzene rings is 3. The number of ether oxygens (including phenoxy) is 2. The van der Waals surface area contributed by atoms with Crippen molar-refractivity contribution in [3.63, 3.8) is 0 Å². The Hall–Kier alpha value is -3.35. The number of fused-ring (bicyclic) bond motifs is 1. The zero-order valence-electron chi connectivity index (χ0n) is 24.6.